The lowest BCUT2D eigenvalue weighted by Crippen LogP contribution is -2.30. The van der Waals surface area contributed by atoms with Crippen LogP contribution in [0.5, 0.6) is 0 Å². The molecule has 3 nitrogen and oxygen atoms in total. The van der Waals surface area contributed by atoms with E-state index in [2.05, 4.69) is 6.92 Å². The number of unbranched alkanes of at least 4 members (excludes halogenated alkanes) is 2. The van der Waals surface area contributed by atoms with Crippen LogP contribution in [0.2, 0.25) is 0 Å². The fraction of sp³-hybridized carbons (Fsp3) is 0.889. The van der Waals surface area contributed by atoms with Crippen LogP contribution in [-0.2, 0) is 4.74 Å². The maximum Gasteiger partial charge on any atom is 0.409 e. The summed E-state index contributed by atoms with van der Waals surface area (Å²) in [7, 11) is 1.66. The van der Waals surface area contributed by atoms with E-state index in [-0.39, 0.29) is 6.61 Å². The molecule has 0 rings (SSSR count). The minimum atomic E-state index is -1.54. The van der Waals surface area contributed by atoms with E-state index in [0.717, 1.165) is 19.3 Å². The number of hydrogen-bond acceptors (Lipinski definition) is 2. The molecule has 0 spiro atoms. The molecule has 0 heterocycles. The molecule has 0 saturated heterocycles. The smallest absolute Gasteiger partial charge is 0.409 e. The molecule has 0 aliphatic heterocycles. The summed E-state index contributed by atoms with van der Waals surface area (Å²) in [6.45, 7) is 2.53. The number of rotatable bonds is 5. The van der Waals surface area contributed by atoms with Gasteiger partial charge in [-0.3, -0.25) is 0 Å². The Morgan fingerprint density at radius 3 is 2.40 bits per heavy atom. The number of halogens is 3. The molecule has 0 bridgehead atoms. The molecular weight excluding hydrogens is 260 g/mol. The van der Waals surface area contributed by atoms with E-state index >= 15 is 0 Å². The van der Waals surface area contributed by atoms with Crippen molar-refractivity contribution >= 4 is 40.9 Å². The summed E-state index contributed by atoms with van der Waals surface area (Å²) in [5.74, 6) is 0. The second-order valence-corrected chi connectivity index (χ2v) is 5.81. The van der Waals surface area contributed by atoms with Gasteiger partial charge in [-0.05, 0) is 6.42 Å². The Kier molecular flexibility index (Phi) is 7.49. The molecule has 15 heavy (non-hydrogen) atoms. The number of amides is 1. The van der Waals surface area contributed by atoms with Gasteiger partial charge in [-0.25, -0.2) is 4.79 Å². The average Bonchev–Trinajstić information content (AvgIpc) is 2.13. The first kappa shape index (κ1) is 15.1. The van der Waals surface area contributed by atoms with E-state index in [0.29, 0.717) is 6.54 Å². The third kappa shape index (κ3) is 9.09. The molecular formula is C9H16Cl3NO2. The first-order valence-electron chi connectivity index (χ1n) is 4.81. The number of carbonyl (C=O) groups excluding carboxylic acids is 1. The second kappa shape index (κ2) is 7.42. The van der Waals surface area contributed by atoms with Crippen molar-refractivity contribution in [3.05, 3.63) is 0 Å². The van der Waals surface area contributed by atoms with E-state index in [4.69, 9.17) is 39.5 Å². The molecule has 0 aromatic heterocycles. The van der Waals surface area contributed by atoms with Crippen molar-refractivity contribution < 1.29 is 9.53 Å². The Morgan fingerprint density at radius 1 is 1.33 bits per heavy atom. The Bertz CT molecular complexity index is 194. The minimum Gasteiger partial charge on any atom is -0.445 e. The number of alkyl halides is 3. The zero-order chi connectivity index (χ0) is 11.9. The molecule has 0 fully saturated rings. The van der Waals surface area contributed by atoms with E-state index in [1.165, 1.54) is 4.90 Å². The van der Waals surface area contributed by atoms with Gasteiger partial charge in [0, 0.05) is 13.6 Å². The van der Waals surface area contributed by atoms with Gasteiger partial charge in [-0.1, -0.05) is 54.6 Å². The van der Waals surface area contributed by atoms with Gasteiger partial charge in [-0.15, -0.1) is 0 Å². The van der Waals surface area contributed by atoms with E-state index in [1.807, 2.05) is 0 Å². The molecule has 0 radical (unpaired) electrons. The van der Waals surface area contributed by atoms with Gasteiger partial charge in [0.2, 0.25) is 3.79 Å². The van der Waals surface area contributed by atoms with E-state index < -0.39 is 9.89 Å². The molecule has 0 aliphatic carbocycles. The zero-order valence-corrected chi connectivity index (χ0v) is 11.2. The predicted octanol–water partition coefficient (Wildman–Crippen LogP) is 3.62. The third-order valence-electron chi connectivity index (χ3n) is 1.77. The molecule has 0 unspecified atom stereocenters. The number of nitrogens with zero attached hydrogens (tertiary/aromatic N) is 1. The number of ether oxygens (including phenoxy) is 1. The van der Waals surface area contributed by atoms with E-state index in [1.54, 1.807) is 7.05 Å². The Labute approximate surface area is 106 Å². The normalized spacial score (nSPS) is 11.3. The number of hydrogen-bond donors (Lipinski definition) is 0. The average molecular weight is 277 g/mol. The van der Waals surface area contributed by atoms with Crippen LogP contribution in [0.15, 0.2) is 0 Å². The molecule has 0 saturated carbocycles. The highest BCUT2D eigenvalue weighted by Gasteiger charge is 2.23. The molecule has 0 aromatic carbocycles. The van der Waals surface area contributed by atoms with Crippen LogP contribution >= 0.6 is 34.8 Å². The summed E-state index contributed by atoms with van der Waals surface area (Å²) >= 11 is 16.3. The van der Waals surface area contributed by atoms with Crippen molar-refractivity contribution in [2.24, 2.45) is 0 Å². The first-order chi connectivity index (χ1) is 6.87. The van der Waals surface area contributed by atoms with Gasteiger partial charge in [0.25, 0.3) is 0 Å². The minimum absolute atomic E-state index is 0.228. The Hall–Kier alpha value is 0.140. The standard InChI is InChI=1S/C9H16Cl3NO2/c1-3-4-5-6-13(2)8(14)15-7-9(10,11)12/h3-7H2,1-2H3. The SMILES string of the molecule is CCCCCN(C)C(=O)OCC(Cl)(Cl)Cl. The van der Waals surface area contributed by atoms with Crippen LogP contribution in [0.4, 0.5) is 4.79 Å². The lowest BCUT2D eigenvalue weighted by atomic mass is 10.2. The van der Waals surface area contributed by atoms with Crippen LogP contribution in [0.1, 0.15) is 26.2 Å². The Balaban J connectivity index is 3.70. The van der Waals surface area contributed by atoms with Crippen molar-refractivity contribution in [2.75, 3.05) is 20.2 Å². The van der Waals surface area contributed by atoms with Crippen molar-refractivity contribution in [2.45, 2.75) is 30.0 Å². The van der Waals surface area contributed by atoms with Crippen molar-refractivity contribution in [3.63, 3.8) is 0 Å². The van der Waals surface area contributed by atoms with Gasteiger partial charge in [-0.2, -0.15) is 0 Å². The highest BCUT2D eigenvalue weighted by molar-refractivity contribution is 6.67. The summed E-state index contributed by atoms with van der Waals surface area (Å²) < 4.78 is 3.25. The van der Waals surface area contributed by atoms with Gasteiger partial charge in [0.1, 0.15) is 6.61 Å². The number of carbonyl (C=O) groups is 1. The van der Waals surface area contributed by atoms with Gasteiger partial charge >= 0.3 is 6.09 Å². The van der Waals surface area contributed by atoms with E-state index in [9.17, 15) is 4.79 Å². The highest BCUT2D eigenvalue weighted by atomic mass is 35.6. The molecule has 0 N–H and O–H groups in total. The van der Waals surface area contributed by atoms with Crippen molar-refractivity contribution in [1.29, 1.82) is 0 Å². The van der Waals surface area contributed by atoms with Crippen LogP contribution in [0.3, 0.4) is 0 Å². The van der Waals surface area contributed by atoms with Gasteiger partial charge < -0.3 is 9.64 Å². The highest BCUT2D eigenvalue weighted by Crippen LogP contribution is 2.26. The quantitative estimate of drug-likeness (QED) is 0.567. The van der Waals surface area contributed by atoms with Crippen LogP contribution in [0.25, 0.3) is 0 Å². The van der Waals surface area contributed by atoms with Crippen molar-refractivity contribution in [1.82, 2.24) is 4.90 Å². The molecule has 1 amide bonds. The Morgan fingerprint density at radius 2 is 1.93 bits per heavy atom. The summed E-state index contributed by atoms with van der Waals surface area (Å²) in [5, 5.41) is 0. The first-order valence-corrected chi connectivity index (χ1v) is 5.95. The molecule has 0 aliphatic rings. The second-order valence-electron chi connectivity index (χ2n) is 3.30. The molecule has 0 aromatic rings. The molecule has 0 atom stereocenters. The molecule has 6 heteroatoms. The third-order valence-corrected chi connectivity index (χ3v) is 2.10. The summed E-state index contributed by atoms with van der Waals surface area (Å²) in [6.07, 6.45) is 2.69. The largest absolute Gasteiger partial charge is 0.445 e. The van der Waals surface area contributed by atoms with Crippen molar-refractivity contribution in [3.8, 4) is 0 Å². The van der Waals surface area contributed by atoms with Crippen LogP contribution in [0, 0.1) is 0 Å². The predicted molar refractivity (Wildman–Crippen MR) is 63.8 cm³/mol. The summed E-state index contributed by atoms with van der Waals surface area (Å²) in [4.78, 5) is 12.8. The molecule has 90 valence electrons. The lowest BCUT2D eigenvalue weighted by Gasteiger charge is -2.18. The van der Waals surface area contributed by atoms with Gasteiger partial charge in [0.15, 0.2) is 0 Å². The monoisotopic (exact) mass is 275 g/mol. The summed E-state index contributed by atoms with van der Waals surface area (Å²) in [6, 6.07) is 0. The summed E-state index contributed by atoms with van der Waals surface area (Å²) in [5.41, 5.74) is 0. The maximum absolute atomic E-state index is 11.3. The lowest BCUT2D eigenvalue weighted by molar-refractivity contribution is 0.112. The topological polar surface area (TPSA) is 29.5 Å². The zero-order valence-electron chi connectivity index (χ0n) is 8.93. The fourth-order valence-electron chi connectivity index (χ4n) is 0.944. The fourth-order valence-corrected chi connectivity index (χ4v) is 1.11. The van der Waals surface area contributed by atoms with Crippen LogP contribution < -0.4 is 0 Å². The van der Waals surface area contributed by atoms with Gasteiger partial charge in [0.05, 0.1) is 0 Å². The van der Waals surface area contributed by atoms with Crippen LogP contribution in [-0.4, -0.2) is 35.0 Å². The maximum atomic E-state index is 11.3.